The molecule has 3 N–H and O–H groups in total. The van der Waals surface area contributed by atoms with Crippen LogP contribution in [0, 0.1) is 20.8 Å². The van der Waals surface area contributed by atoms with Crippen molar-refractivity contribution in [3.8, 4) is 0 Å². The number of benzene rings is 1. The number of carbonyl (C=O) groups excluding carboxylic acids is 1. The number of hydrogen-bond donors (Lipinski definition) is 1. The molecule has 0 saturated heterocycles. The van der Waals surface area contributed by atoms with Crippen molar-refractivity contribution in [3.63, 3.8) is 0 Å². The Balaban J connectivity index is 3.08. The highest BCUT2D eigenvalue weighted by Gasteiger charge is 2.24. The molecule has 0 saturated carbocycles. The van der Waals surface area contributed by atoms with Crippen LogP contribution in [0.15, 0.2) is 12.1 Å². The van der Waals surface area contributed by atoms with Gasteiger partial charge in [-0.2, -0.15) is 0 Å². The van der Waals surface area contributed by atoms with Crippen LogP contribution in [0.2, 0.25) is 0 Å². The van der Waals surface area contributed by atoms with Crippen molar-refractivity contribution < 1.29 is 15.3 Å². The fourth-order valence-corrected chi connectivity index (χ4v) is 2.10. The molecule has 1 aromatic carbocycles. The summed E-state index contributed by atoms with van der Waals surface area (Å²) in [6.07, 6.45) is 0. The molecule has 1 aromatic rings. The average molecular weight is 222 g/mol. The molecule has 0 aliphatic rings. The Morgan fingerprint density at radius 2 is 1.81 bits per heavy atom. The molecule has 0 aliphatic carbocycles. The molecule has 1 atom stereocenters. The van der Waals surface area contributed by atoms with Gasteiger partial charge < -0.3 is 10.5 Å². The van der Waals surface area contributed by atoms with Gasteiger partial charge in [0, 0.05) is 5.56 Å². The van der Waals surface area contributed by atoms with E-state index in [-0.39, 0.29) is 5.97 Å². The third kappa shape index (κ3) is 2.61. The van der Waals surface area contributed by atoms with E-state index in [9.17, 15) is 4.79 Å². The van der Waals surface area contributed by atoms with E-state index in [1.807, 2.05) is 20.8 Å². The summed E-state index contributed by atoms with van der Waals surface area (Å²) in [4.78, 5) is 11.6. The van der Waals surface area contributed by atoms with Crippen molar-refractivity contribution in [1.82, 2.24) is 0 Å². The first-order chi connectivity index (χ1) is 7.47. The van der Waals surface area contributed by atoms with E-state index in [1.165, 1.54) is 5.56 Å². The SMILES string of the molecule is CCOC(=O)[C@@H]([NH3+])c1c(C)cc(C)cc1C. The number of hydrogen-bond acceptors (Lipinski definition) is 2. The first-order valence-electron chi connectivity index (χ1n) is 5.54. The van der Waals surface area contributed by atoms with E-state index < -0.39 is 6.04 Å². The lowest BCUT2D eigenvalue weighted by atomic mass is 9.94. The van der Waals surface area contributed by atoms with Crippen molar-refractivity contribution in [2.45, 2.75) is 33.7 Å². The summed E-state index contributed by atoms with van der Waals surface area (Å²) < 4.78 is 5.00. The molecule has 1 rings (SSSR count). The largest absolute Gasteiger partial charge is 0.461 e. The fraction of sp³-hybridized carbons (Fsp3) is 0.462. The molecule has 0 radical (unpaired) electrons. The lowest BCUT2D eigenvalue weighted by Crippen LogP contribution is -2.58. The van der Waals surface area contributed by atoms with E-state index >= 15 is 0 Å². The molecular formula is C13H20NO2+. The molecule has 16 heavy (non-hydrogen) atoms. The van der Waals surface area contributed by atoms with Crippen molar-refractivity contribution in [1.29, 1.82) is 0 Å². The summed E-state index contributed by atoms with van der Waals surface area (Å²) >= 11 is 0. The Hall–Kier alpha value is -1.35. The number of quaternary nitrogens is 1. The third-order valence-electron chi connectivity index (χ3n) is 2.66. The van der Waals surface area contributed by atoms with Gasteiger partial charge in [0.15, 0.2) is 0 Å². The van der Waals surface area contributed by atoms with Crippen LogP contribution in [-0.2, 0) is 9.53 Å². The summed E-state index contributed by atoms with van der Waals surface area (Å²) in [7, 11) is 0. The van der Waals surface area contributed by atoms with Gasteiger partial charge in [0.25, 0.3) is 0 Å². The van der Waals surface area contributed by atoms with Crippen molar-refractivity contribution in [2.24, 2.45) is 0 Å². The van der Waals surface area contributed by atoms with Crippen LogP contribution in [0.4, 0.5) is 0 Å². The standard InChI is InChI=1S/C13H19NO2/c1-5-16-13(15)12(14)11-9(3)6-8(2)7-10(11)4/h6-7,12H,5,14H2,1-4H3/p+1/t12-/m0/s1. The number of aryl methyl sites for hydroxylation is 3. The minimum Gasteiger partial charge on any atom is -0.461 e. The maximum atomic E-state index is 11.6. The molecule has 0 spiro atoms. The van der Waals surface area contributed by atoms with Crippen LogP contribution >= 0.6 is 0 Å². The first-order valence-corrected chi connectivity index (χ1v) is 5.54. The van der Waals surface area contributed by atoms with Crippen LogP contribution in [0.25, 0.3) is 0 Å². The monoisotopic (exact) mass is 222 g/mol. The predicted molar refractivity (Wildman–Crippen MR) is 62.9 cm³/mol. The Labute approximate surface area is 96.6 Å². The number of esters is 1. The van der Waals surface area contributed by atoms with Gasteiger partial charge in [0.2, 0.25) is 6.04 Å². The highest BCUT2D eigenvalue weighted by molar-refractivity contribution is 5.77. The van der Waals surface area contributed by atoms with E-state index in [0.717, 1.165) is 16.7 Å². The van der Waals surface area contributed by atoms with E-state index in [0.29, 0.717) is 6.61 Å². The Bertz CT molecular complexity index is 376. The summed E-state index contributed by atoms with van der Waals surface area (Å²) in [5.74, 6) is -0.252. The molecular weight excluding hydrogens is 202 g/mol. The van der Waals surface area contributed by atoms with Gasteiger partial charge in [-0.1, -0.05) is 17.7 Å². The zero-order valence-electron chi connectivity index (χ0n) is 10.5. The second kappa shape index (κ2) is 5.12. The second-order valence-electron chi connectivity index (χ2n) is 4.12. The van der Waals surface area contributed by atoms with Crippen molar-refractivity contribution >= 4 is 5.97 Å². The molecule has 3 heteroatoms. The van der Waals surface area contributed by atoms with Crippen LogP contribution < -0.4 is 5.73 Å². The van der Waals surface area contributed by atoms with Gasteiger partial charge >= 0.3 is 5.97 Å². The van der Waals surface area contributed by atoms with E-state index in [1.54, 1.807) is 6.92 Å². The minimum absolute atomic E-state index is 0.252. The zero-order valence-corrected chi connectivity index (χ0v) is 10.5. The molecule has 0 unspecified atom stereocenters. The Morgan fingerprint density at radius 1 is 1.31 bits per heavy atom. The Kier molecular flexibility index (Phi) is 4.07. The lowest BCUT2D eigenvalue weighted by Gasteiger charge is -2.14. The van der Waals surface area contributed by atoms with Gasteiger partial charge in [0.1, 0.15) is 0 Å². The number of carbonyl (C=O) groups is 1. The second-order valence-corrected chi connectivity index (χ2v) is 4.12. The van der Waals surface area contributed by atoms with Crippen molar-refractivity contribution in [2.75, 3.05) is 6.61 Å². The van der Waals surface area contributed by atoms with Gasteiger partial charge in [-0.25, -0.2) is 4.79 Å². The molecule has 0 aromatic heterocycles. The number of rotatable bonds is 3. The summed E-state index contributed by atoms with van der Waals surface area (Å²) in [5, 5.41) is 0. The maximum absolute atomic E-state index is 11.6. The van der Waals surface area contributed by atoms with E-state index in [4.69, 9.17) is 4.74 Å². The lowest BCUT2D eigenvalue weighted by molar-refractivity contribution is -0.414. The number of ether oxygens (including phenoxy) is 1. The molecule has 0 fully saturated rings. The van der Waals surface area contributed by atoms with Gasteiger partial charge in [-0.15, -0.1) is 0 Å². The summed E-state index contributed by atoms with van der Waals surface area (Å²) in [6, 6.07) is 3.71. The topological polar surface area (TPSA) is 53.9 Å². The van der Waals surface area contributed by atoms with Crippen LogP contribution in [-0.4, -0.2) is 12.6 Å². The highest BCUT2D eigenvalue weighted by atomic mass is 16.5. The molecule has 0 aliphatic heterocycles. The zero-order chi connectivity index (χ0) is 12.3. The van der Waals surface area contributed by atoms with Crippen LogP contribution in [0.1, 0.15) is 35.2 Å². The maximum Gasteiger partial charge on any atom is 0.369 e. The normalized spacial score (nSPS) is 12.3. The average Bonchev–Trinajstić information content (AvgIpc) is 2.16. The molecule has 0 amide bonds. The molecule has 0 bridgehead atoms. The van der Waals surface area contributed by atoms with Gasteiger partial charge in [-0.3, -0.25) is 0 Å². The third-order valence-corrected chi connectivity index (χ3v) is 2.66. The van der Waals surface area contributed by atoms with Gasteiger partial charge in [0.05, 0.1) is 6.61 Å². The quantitative estimate of drug-likeness (QED) is 0.787. The molecule has 88 valence electrons. The van der Waals surface area contributed by atoms with E-state index in [2.05, 4.69) is 17.9 Å². The minimum atomic E-state index is -0.430. The smallest absolute Gasteiger partial charge is 0.369 e. The highest BCUT2D eigenvalue weighted by Crippen LogP contribution is 2.21. The summed E-state index contributed by atoms with van der Waals surface area (Å²) in [6.45, 7) is 8.26. The van der Waals surface area contributed by atoms with Crippen molar-refractivity contribution in [3.05, 3.63) is 34.4 Å². The van der Waals surface area contributed by atoms with Crippen LogP contribution in [0.3, 0.4) is 0 Å². The van der Waals surface area contributed by atoms with Crippen LogP contribution in [0.5, 0.6) is 0 Å². The summed E-state index contributed by atoms with van der Waals surface area (Å²) in [5.41, 5.74) is 8.30. The Morgan fingerprint density at radius 3 is 2.25 bits per heavy atom. The first kappa shape index (κ1) is 12.7. The molecule has 3 nitrogen and oxygen atoms in total. The fourth-order valence-electron chi connectivity index (χ4n) is 2.10. The molecule has 0 heterocycles. The van der Waals surface area contributed by atoms with Gasteiger partial charge in [-0.05, 0) is 38.8 Å². The predicted octanol–water partition coefficient (Wildman–Crippen LogP) is 1.46.